The van der Waals surface area contributed by atoms with Crippen LogP contribution < -0.4 is 14.8 Å². The van der Waals surface area contributed by atoms with Gasteiger partial charge in [-0.05, 0) is 61.6 Å². The van der Waals surface area contributed by atoms with Crippen molar-refractivity contribution in [3.8, 4) is 11.5 Å². The fourth-order valence-corrected chi connectivity index (χ4v) is 4.38. The SMILES string of the molecule is CC(C(=O)NC1CCCC1)N(Cc1ccc(Cl)cc1)C(=O)CCc1ccc2c(c1)OCO2. The molecule has 6 nitrogen and oxygen atoms in total. The normalized spacial score (nSPS) is 16.1. The number of amides is 2. The lowest BCUT2D eigenvalue weighted by Crippen LogP contribution is -2.49. The molecule has 0 radical (unpaired) electrons. The number of rotatable bonds is 8. The van der Waals surface area contributed by atoms with Crippen LogP contribution in [0.1, 0.15) is 50.2 Å². The summed E-state index contributed by atoms with van der Waals surface area (Å²) in [6.45, 7) is 2.38. The Hall–Kier alpha value is -2.73. The first-order valence-electron chi connectivity index (χ1n) is 11.2. The molecule has 2 aliphatic rings. The highest BCUT2D eigenvalue weighted by Crippen LogP contribution is 2.32. The molecule has 170 valence electrons. The van der Waals surface area contributed by atoms with E-state index in [2.05, 4.69) is 5.32 Å². The molecule has 1 fully saturated rings. The number of hydrogen-bond donors (Lipinski definition) is 1. The molecule has 1 aliphatic carbocycles. The van der Waals surface area contributed by atoms with E-state index in [9.17, 15) is 9.59 Å². The van der Waals surface area contributed by atoms with E-state index in [1.165, 1.54) is 0 Å². The van der Waals surface area contributed by atoms with Gasteiger partial charge in [-0.2, -0.15) is 0 Å². The van der Waals surface area contributed by atoms with Gasteiger partial charge in [0.2, 0.25) is 18.6 Å². The monoisotopic (exact) mass is 456 g/mol. The molecule has 2 amide bonds. The lowest BCUT2D eigenvalue weighted by atomic mass is 10.1. The molecule has 4 rings (SSSR count). The zero-order valence-corrected chi connectivity index (χ0v) is 19.1. The predicted molar refractivity (Wildman–Crippen MR) is 123 cm³/mol. The van der Waals surface area contributed by atoms with E-state index in [1.807, 2.05) is 30.3 Å². The second kappa shape index (κ2) is 10.3. The number of nitrogens with zero attached hydrogens (tertiary/aromatic N) is 1. The highest BCUT2D eigenvalue weighted by molar-refractivity contribution is 6.30. The fourth-order valence-electron chi connectivity index (χ4n) is 4.25. The molecule has 2 aromatic carbocycles. The van der Waals surface area contributed by atoms with Gasteiger partial charge >= 0.3 is 0 Å². The van der Waals surface area contributed by atoms with Gasteiger partial charge in [0.25, 0.3) is 0 Å². The number of carbonyl (C=O) groups is 2. The van der Waals surface area contributed by atoms with Crippen molar-refractivity contribution in [2.24, 2.45) is 0 Å². The Labute approximate surface area is 193 Å². The molecule has 1 unspecified atom stereocenters. The molecule has 1 heterocycles. The highest BCUT2D eigenvalue weighted by atomic mass is 35.5. The van der Waals surface area contributed by atoms with E-state index in [0.29, 0.717) is 30.2 Å². The Kier molecular flexibility index (Phi) is 7.20. The van der Waals surface area contributed by atoms with Gasteiger partial charge in [0.15, 0.2) is 11.5 Å². The summed E-state index contributed by atoms with van der Waals surface area (Å²) in [4.78, 5) is 27.9. The Balaban J connectivity index is 1.44. The van der Waals surface area contributed by atoms with Crippen LogP contribution in [0.4, 0.5) is 0 Å². The van der Waals surface area contributed by atoms with Crippen LogP contribution >= 0.6 is 11.6 Å². The first-order valence-corrected chi connectivity index (χ1v) is 11.6. The van der Waals surface area contributed by atoms with Crippen LogP contribution in [0.25, 0.3) is 0 Å². The second-order valence-corrected chi connectivity index (χ2v) is 8.94. The van der Waals surface area contributed by atoms with Gasteiger partial charge in [-0.15, -0.1) is 0 Å². The maximum atomic E-state index is 13.3. The zero-order valence-electron chi connectivity index (χ0n) is 18.3. The average Bonchev–Trinajstić information content (AvgIpc) is 3.48. The summed E-state index contributed by atoms with van der Waals surface area (Å²) in [5, 5.41) is 3.77. The molecule has 1 N–H and O–H groups in total. The molecule has 0 aromatic heterocycles. The molecule has 0 bridgehead atoms. The molecule has 1 atom stereocenters. The molecule has 0 spiro atoms. The lowest BCUT2D eigenvalue weighted by Gasteiger charge is -2.30. The minimum Gasteiger partial charge on any atom is -0.454 e. The third-order valence-electron chi connectivity index (χ3n) is 6.20. The molecule has 1 aliphatic heterocycles. The Morgan fingerprint density at radius 2 is 1.75 bits per heavy atom. The molecule has 2 aromatic rings. The van der Waals surface area contributed by atoms with E-state index < -0.39 is 6.04 Å². The summed E-state index contributed by atoms with van der Waals surface area (Å²) in [6.07, 6.45) is 5.16. The highest BCUT2D eigenvalue weighted by Gasteiger charge is 2.28. The van der Waals surface area contributed by atoms with Gasteiger partial charge in [0.1, 0.15) is 6.04 Å². The molecule has 1 saturated carbocycles. The second-order valence-electron chi connectivity index (χ2n) is 8.50. The number of hydrogen-bond acceptors (Lipinski definition) is 4. The van der Waals surface area contributed by atoms with Crippen LogP contribution in [0.15, 0.2) is 42.5 Å². The van der Waals surface area contributed by atoms with E-state index in [-0.39, 0.29) is 24.6 Å². The van der Waals surface area contributed by atoms with Crippen molar-refractivity contribution in [3.63, 3.8) is 0 Å². The van der Waals surface area contributed by atoms with Gasteiger partial charge < -0.3 is 19.7 Å². The van der Waals surface area contributed by atoms with Crippen molar-refractivity contribution < 1.29 is 19.1 Å². The van der Waals surface area contributed by atoms with Gasteiger partial charge in [-0.3, -0.25) is 9.59 Å². The summed E-state index contributed by atoms with van der Waals surface area (Å²) >= 11 is 6.01. The number of fused-ring (bicyclic) bond motifs is 1. The molecular weight excluding hydrogens is 428 g/mol. The number of aryl methyl sites for hydroxylation is 1. The number of nitrogens with one attached hydrogen (secondary N) is 1. The smallest absolute Gasteiger partial charge is 0.242 e. The third-order valence-corrected chi connectivity index (χ3v) is 6.45. The van der Waals surface area contributed by atoms with E-state index in [1.54, 1.807) is 24.0 Å². The Morgan fingerprint density at radius 1 is 1.06 bits per heavy atom. The lowest BCUT2D eigenvalue weighted by molar-refractivity contribution is -0.140. The van der Waals surface area contributed by atoms with Gasteiger partial charge in [-0.25, -0.2) is 0 Å². The van der Waals surface area contributed by atoms with E-state index in [4.69, 9.17) is 21.1 Å². The van der Waals surface area contributed by atoms with Gasteiger partial charge in [0, 0.05) is 24.0 Å². The van der Waals surface area contributed by atoms with E-state index >= 15 is 0 Å². The standard InChI is InChI=1S/C25H29ClN2O4/c1-17(25(30)27-21-4-2-3-5-21)28(15-19-6-10-20(26)11-7-19)24(29)13-9-18-8-12-22-23(14-18)32-16-31-22/h6-8,10-12,14,17,21H,2-5,9,13,15-16H2,1H3,(H,27,30). The number of carbonyl (C=O) groups excluding carboxylic acids is 2. The van der Waals surface area contributed by atoms with Crippen molar-refractivity contribution in [1.82, 2.24) is 10.2 Å². The quantitative estimate of drug-likeness (QED) is 0.636. The van der Waals surface area contributed by atoms with Crippen LogP contribution in [-0.4, -0.2) is 35.6 Å². The number of ether oxygens (including phenoxy) is 2. The zero-order chi connectivity index (χ0) is 22.5. The van der Waals surface area contributed by atoms with Crippen molar-refractivity contribution >= 4 is 23.4 Å². The van der Waals surface area contributed by atoms with Crippen molar-refractivity contribution in [2.45, 2.75) is 64.1 Å². The minimum absolute atomic E-state index is 0.0633. The summed E-state index contributed by atoms with van der Waals surface area (Å²) in [6, 6.07) is 12.8. The van der Waals surface area contributed by atoms with Crippen molar-refractivity contribution in [1.29, 1.82) is 0 Å². The maximum Gasteiger partial charge on any atom is 0.242 e. The molecule has 32 heavy (non-hydrogen) atoms. The molecular formula is C25H29ClN2O4. The van der Waals surface area contributed by atoms with Gasteiger partial charge in [-0.1, -0.05) is 42.6 Å². The Bertz CT molecular complexity index is 957. The summed E-state index contributed by atoms with van der Waals surface area (Å²) in [7, 11) is 0. The van der Waals surface area contributed by atoms with Crippen LogP contribution in [0.2, 0.25) is 5.02 Å². The van der Waals surface area contributed by atoms with Crippen LogP contribution in [0, 0.1) is 0 Å². The fraction of sp³-hybridized carbons (Fsp3) is 0.440. The first-order chi connectivity index (χ1) is 15.5. The van der Waals surface area contributed by atoms with Crippen molar-refractivity contribution in [3.05, 3.63) is 58.6 Å². The van der Waals surface area contributed by atoms with Crippen molar-refractivity contribution in [2.75, 3.05) is 6.79 Å². The largest absolute Gasteiger partial charge is 0.454 e. The summed E-state index contributed by atoms with van der Waals surface area (Å²) in [5.41, 5.74) is 1.93. The molecule has 0 saturated heterocycles. The Morgan fingerprint density at radius 3 is 2.50 bits per heavy atom. The number of benzene rings is 2. The van der Waals surface area contributed by atoms with Crippen LogP contribution in [-0.2, 0) is 22.6 Å². The topological polar surface area (TPSA) is 67.9 Å². The first kappa shape index (κ1) is 22.5. The number of halogens is 1. The van der Waals surface area contributed by atoms with E-state index in [0.717, 1.165) is 42.6 Å². The summed E-state index contributed by atoms with van der Waals surface area (Å²) in [5.74, 6) is 1.27. The average molecular weight is 457 g/mol. The predicted octanol–water partition coefficient (Wildman–Crippen LogP) is 4.48. The van der Waals surface area contributed by atoms with Gasteiger partial charge in [0.05, 0.1) is 0 Å². The van der Waals surface area contributed by atoms with Crippen LogP contribution in [0.5, 0.6) is 11.5 Å². The van der Waals surface area contributed by atoms with Crippen LogP contribution in [0.3, 0.4) is 0 Å². The minimum atomic E-state index is -0.560. The maximum absolute atomic E-state index is 13.3. The molecule has 7 heteroatoms. The third kappa shape index (κ3) is 5.54. The summed E-state index contributed by atoms with van der Waals surface area (Å²) < 4.78 is 10.8.